The number of carboxylic acids is 1. The zero-order chi connectivity index (χ0) is 12.7. The van der Waals surface area contributed by atoms with Gasteiger partial charge in [-0.3, -0.25) is 0 Å². The van der Waals surface area contributed by atoms with Crippen LogP contribution in [0.5, 0.6) is 0 Å². The summed E-state index contributed by atoms with van der Waals surface area (Å²) in [4.78, 5) is 11.1. The lowest BCUT2D eigenvalue weighted by molar-refractivity contribution is -0.307. The first-order valence-electron chi connectivity index (χ1n) is 5.79. The van der Waals surface area contributed by atoms with Crippen molar-refractivity contribution in [1.82, 2.24) is 0 Å². The second-order valence-electron chi connectivity index (χ2n) is 4.36. The zero-order valence-corrected chi connectivity index (χ0v) is 10.7. The Hall–Kier alpha value is -1.87. The van der Waals surface area contributed by atoms with Gasteiger partial charge in [-0.05, 0) is 11.6 Å². The maximum Gasteiger partial charge on any atom is 0.0487 e. The lowest BCUT2D eigenvalue weighted by atomic mass is 9.99. The van der Waals surface area contributed by atoms with Gasteiger partial charge in [-0.15, -0.1) is 11.3 Å². The molecule has 0 saturated heterocycles. The van der Waals surface area contributed by atoms with E-state index in [9.17, 15) is 9.90 Å². The molecule has 0 radical (unpaired) electrons. The quantitative estimate of drug-likeness (QED) is 0.706. The van der Waals surface area contributed by atoms with Gasteiger partial charge in [-0.1, -0.05) is 43.3 Å². The van der Waals surface area contributed by atoms with Gasteiger partial charge in [0.1, 0.15) is 0 Å². The summed E-state index contributed by atoms with van der Waals surface area (Å²) in [5, 5.41) is 13.4. The molecule has 90 valence electrons. The Kier molecular flexibility index (Phi) is 2.56. The summed E-state index contributed by atoms with van der Waals surface area (Å²) in [5.41, 5.74) is 0.841. The van der Waals surface area contributed by atoms with Gasteiger partial charge in [-0.25, -0.2) is 0 Å². The topological polar surface area (TPSA) is 40.1 Å². The van der Waals surface area contributed by atoms with Crippen molar-refractivity contribution in [2.75, 3.05) is 0 Å². The van der Waals surface area contributed by atoms with Crippen molar-refractivity contribution in [2.24, 2.45) is 0 Å². The molecule has 1 unspecified atom stereocenters. The van der Waals surface area contributed by atoms with Crippen LogP contribution >= 0.6 is 11.3 Å². The summed E-state index contributed by atoms with van der Waals surface area (Å²) < 4.78 is 2.24. The van der Waals surface area contributed by atoms with E-state index in [2.05, 4.69) is 12.1 Å². The standard InChI is InChI=1S/C15H12O2S/c1-9(15(16)17)10-6-4-7-12-11-5-2-3-8-13(11)18-14(10)12/h2-9H,1H3,(H,16,17)/p-1. The second kappa shape index (κ2) is 4.10. The smallest absolute Gasteiger partial charge is 0.0487 e. The van der Waals surface area contributed by atoms with Gasteiger partial charge >= 0.3 is 0 Å². The number of carbonyl (C=O) groups is 1. The van der Waals surface area contributed by atoms with Crippen LogP contribution in [0.15, 0.2) is 42.5 Å². The summed E-state index contributed by atoms with van der Waals surface area (Å²) in [5.74, 6) is -1.61. The molecule has 0 aliphatic heterocycles. The van der Waals surface area contributed by atoms with E-state index in [1.165, 1.54) is 10.1 Å². The summed E-state index contributed by atoms with van der Waals surface area (Å²) in [7, 11) is 0. The Morgan fingerprint density at radius 3 is 2.61 bits per heavy atom. The van der Waals surface area contributed by atoms with Crippen LogP contribution in [0.25, 0.3) is 20.2 Å². The molecule has 0 fully saturated rings. The fourth-order valence-corrected chi connectivity index (χ4v) is 3.54. The predicted octanol–water partition coefficient (Wildman–Crippen LogP) is 2.91. The van der Waals surface area contributed by atoms with Crippen LogP contribution < -0.4 is 5.11 Å². The van der Waals surface area contributed by atoms with E-state index in [0.29, 0.717) is 0 Å². The van der Waals surface area contributed by atoms with Crippen molar-refractivity contribution < 1.29 is 9.90 Å². The van der Waals surface area contributed by atoms with Crippen LogP contribution in [-0.2, 0) is 4.79 Å². The van der Waals surface area contributed by atoms with E-state index >= 15 is 0 Å². The van der Waals surface area contributed by atoms with Gasteiger partial charge in [0.25, 0.3) is 0 Å². The highest BCUT2D eigenvalue weighted by Crippen LogP contribution is 2.37. The number of thiophene rings is 1. The number of hydrogen-bond acceptors (Lipinski definition) is 3. The fraction of sp³-hybridized carbons (Fsp3) is 0.133. The van der Waals surface area contributed by atoms with Crippen LogP contribution in [0, 0.1) is 0 Å². The van der Waals surface area contributed by atoms with E-state index in [1.807, 2.05) is 30.3 Å². The van der Waals surface area contributed by atoms with Crippen LogP contribution in [-0.4, -0.2) is 5.97 Å². The maximum absolute atomic E-state index is 11.1. The number of aliphatic carboxylic acids is 1. The number of carbonyl (C=O) groups excluding carboxylic acids is 1. The largest absolute Gasteiger partial charge is 0.550 e. The highest BCUT2D eigenvalue weighted by Gasteiger charge is 2.13. The Morgan fingerprint density at radius 2 is 1.83 bits per heavy atom. The molecule has 0 spiro atoms. The monoisotopic (exact) mass is 255 g/mol. The number of hydrogen-bond donors (Lipinski definition) is 0. The average Bonchev–Trinajstić information content (AvgIpc) is 2.76. The molecule has 0 aliphatic carbocycles. The van der Waals surface area contributed by atoms with Crippen molar-refractivity contribution >= 4 is 37.5 Å². The molecule has 3 aromatic rings. The predicted molar refractivity (Wildman–Crippen MR) is 72.8 cm³/mol. The minimum Gasteiger partial charge on any atom is -0.550 e. The third kappa shape index (κ3) is 1.59. The lowest BCUT2D eigenvalue weighted by Crippen LogP contribution is -2.27. The van der Waals surface area contributed by atoms with Crippen LogP contribution in [0.4, 0.5) is 0 Å². The van der Waals surface area contributed by atoms with E-state index in [0.717, 1.165) is 15.6 Å². The van der Waals surface area contributed by atoms with Gasteiger partial charge in [0.2, 0.25) is 0 Å². The van der Waals surface area contributed by atoms with E-state index < -0.39 is 11.9 Å². The third-order valence-electron chi connectivity index (χ3n) is 3.25. The molecule has 0 amide bonds. The highest BCUT2D eigenvalue weighted by molar-refractivity contribution is 7.26. The van der Waals surface area contributed by atoms with Crippen molar-refractivity contribution in [2.45, 2.75) is 12.8 Å². The molecule has 0 aliphatic rings. The van der Waals surface area contributed by atoms with E-state index in [4.69, 9.17) is 0 Å². The number of rotatable bonds is 2. The third-order valence-corrected chi connectivity index (χ3v) is 4.49. The van der Waals surface area contributed by atoms with Crippen LogP contribution in [0.1, 0.15) is 18.4 Å². The average molecular weight is 255 g/mol. The summed E-state index contributed by atoms with van der Waals surface area (Å²) in [6.45, 7) is 1.68. The molecule has 1 heterocycles. The Balaban J connectivity index is 2.37. The normalized spacial score (nSPS) is 12.9. The molecule has 3 rings (SSSR count). The fourth-order valence-electron chi connectivity index (χ4n) is 2.24. The molecule has 1 aromatic heterocycles. The van der Waals surface area contributed by atoms with Crippen molar-refractivity contribution in [1.29, 1.82) is 0 Å². The van der Waals surface area contributed by atoms with Crippen LogP contribution in [0.2, 0.25) is 0 Å². The Labute approximate surface area is 108 Å². The lowest BCUT2D eigenvalue weighted by Gasteiger charge is -2.13. The Morgan fingerprint density at radius 1 is 1.11 bits per heavy atom. The van der Waals surface area contributed by atoms with E-state index in [-0.39, 0.29) is 0 Å². The first-order chi connectivity index (χ1) is 8.68. The van der Waals surface area contributed by atoms with Crippen molar-refractivity contribution in [3.8, 4) is 0 Å². The van der Waals surface area contributed by atoms with Crippen molar-refractivity contribution in [3.05, 3.63) is 48.0 Å². The van der Waals surface area contributed by atoms with Gasteiger partial charge in [0.15, 0.2) is 0 Å². The van der Waals surface area contributed by atoms with Crippen LogP contribution in [0.3, 0.4) is 0 Å². The molecule has 0 saturated carbocycles. The van der Waals surface area contributed by atoms with Gasteiger partial charge in [0.05, 0.1) is 0 Å². The molecule has 1 atom stereocenters. The SMILES string of the molecule is CC(C(=O)[O-])c1cccc2c1sc1ccccc12. The first kappa shape index (κ1) is 11.2. The molecule has 0 N–H and O–H groups in total. The minimum absolute atomic E-state index is 0.582. The Bertz CT molecular complexity index is 742. The number of fused-ring (bicyclic) bond motifs is 3. The van der Waals surface area contributed by atoms with Gasteiger partial charge < -0.3 is 9.90 Å². The summed E-state index contributed by atoms with van der Waals surface area (Å²) >= 11 is 1.64. The first-order valence-corrected chi connectivity index (χ1v) is 6.61. The van der Waals surface area contributed by atoms with E-state index in [1.54, 1.807) is 18.3 Å². The van der Waals surface area contributed by atoms with Crippen molar-refractivity contribution in [3.63, 3.8) is 0 Å². The van der Waals surface area contributed by atoms with Gasteiger partial charge in [0, 0.05) is 32.1 Å². The molecular weight excluding hydrogens is 244 g/mol. The van der Waals surface area contributed by atoms with Gasteiger partial charge in [-0.2, -0.15) is 0 Å². The molecule has 0 bridgehead atoms. The molecule has 3 heteroatoms. The summed E-state index contributed by atoms with van der Waals surface area (Å²) in [6, 6.07) is 14.0. The molecule has 2 nitrogen and oxygen atoms in total. The molecular formula is C15H11O2S-. The maximum atomic E-state index is 11.1. The zero-order valence-electron chi connectivity index (χ0n) is 9.84. The number of carboxylic acid groups (broad SMARTS) is 1. The summed E-state index contributed by atoms with van der Waals surface area (Å²) in [6.07, 6.45) is 0. The second-order valence-corrected chi connectivity index (χ2v) is 5.42. The number of benzene rings is 2. The highest BCUT2D eigenvalue weighted by atomic mass is 32.1. The molecule has 18 heavy (non-hydrogen) atoms. The minimum atomic E-state index is -1.03. The molecule has 2 aromatic carbocycles.